The molecule has 0 aromatic heterocycles. The molecular formula is C14H12BrClN2. The van der Waals surface area contributed by atoms with Crippen molar-refractivity contribution in [3.05, 3.63) is 63.1 Å². The Morgan fingerprint density at radius 2 is 1.83 bits per heavy atom. The molecule has 4 heteroatoms. The Balaban J connectivity index is 2.42. The summed E-state index contributed by atoms with van der Waals surface area (Å²) in [6.07, 6.45) is 0. The minimum Gasteiger partial charge on any atom is -0.383 e. The summed E-state index contributed by atoms with van der Waals surface area (Å²) < 4.78 is 1.01. The topological polar surface area (TPSA) is 38.4 Å². The van der Waals surface area contributed by atoms with Crippen LogP contribution in [0.25, 0.3) is 0 Å². The van der Waals surface area contributed by atoms with Crippen LogP contribution in [0.1, 0.15) is 11.1 Å². The Labute approximate surface area is 120 Å². The number of hydrogen-bond donors (Lipinski definition) is 1. The second-order valence-corrected chi connectivity index (χ2v) is 5.23. The lowest BCUT2D eigenvalue weighted by molar-refractivity contribution is 1.39. The Bertz CT molecular complexity index is 571. The first kappa shape index (κ1) is 13.1. The maximum absolute atomic E-state index is 6.15. The molecule has 18 heavy (non-hydrogen) atoms. The van der Waals surface area contributed by atoms with Gasteiger partial charge < -0.3 is 5.73 Å². The average Bonchev–Trinajstić information content (AvgIpc) is 2.32. The molecule has 0 heterocycles. The molecule has 2 aromatic rings. The molecule has 0 spiro atoms. The van der Waals surface area contributed by atoms with Crippen LogP contribution in [0.4, 0.5) is 5.69 Å². The Kier molecular flexibility index (Phi) is 4.04. The summed E-state index contributed by atoms with van der Waals surface area (Å²) in [5.74, 6) is 0.431. The normalized spacial score (nSPS) is 11.6. The third-order valence-electron chi connectivity index (χ3n) is 2.55. The molecule has 2 N–H and O–H groups in total. The van der Waals surface area contributed by atoms with Crippen LogP contribution in [0.3, 0.4) is 0 Å². The van der Waals surface area contributed by atoms with Gasteiger partial charge in [0.1, 0.15) is 5.84 Å². The first-order chi connectivity index (χ1) is 8.58. The molecule has 0 saturated carbocycles. The lowest BCUT2D eigenvalue weighted by atomic mass is 10.1. The number of amidine groups is 1. The second kappa shape index (κ2) is 5.55. The zero-order valence-corrected chi connectivity index (χ0v) is 12.2. The van der Waals surface area contributed by atoms with Gasteiger partial charge in [0.2, 0.25) is 0 Å². The molecule has 92 valence electrons. The zero-order chi connectivity index (χ0) is 13.1. The summed E-state index contributed by atoms with van der Waals surface area (Å²) in [6, 6.07) is 13.3. The number of nitrogens with two attached hydrogens (primary N) is 1. The van der Waals surface area contributed by atoms with Gasteiger partial charge in [-0.25, -0.2) is 4.99 Å². The van der Waals surface area contributed by atoms with E-state index >= 15 is 0 Å². The van der Waals surface area contributed by atoms with E-state index in [1.165, 1.54) is 0 Å². The highest BCUT2D eigenvalue weighted by Gasteiger charge is 2.07. The van der Waals surface area contributed by atoms with E-state index in [2.05, 4.69) is 20.9 Å². The van der Waals surface area contributed by atoms with Crippen molar-refractivity contribution in [2.75, 3.05) is 0 Å². The smallest absolute Gasteiger partial charge is 0.133 e. The minimum absolute atomic E-state index is 0.431. The summed E-state index contributed by atoms with van der Waals surface area (Å²) in [5, 5.41) is 0.619. The Morgan fingerprint density at radius 1 is 1.17 bits per heavy atom. The quantitative estimate of drug-likeness (QED) is 0.643. The van der Waals surface area contributed by atoms with Crippen LogP contribution in [0.2, 0.25) is 5.02 Å². The van der Waals surface area contributed by atoms with Gasteiger partial charge in [0.25, 0.3) is 0 Å². The van der Waals surface area contributed by atoms with Crippen LogP contribution in [0, 0.1) is 6.92 Å². The number of halogens is 2. The Morgan fingerprint density at radius 3 is 2.44 bits per heavy atom. The van der Waals surface area contributed by atoms with Gasteiger partial charge in [-0.1, -0.05) is 39.7 Å². The van der Waals surface area contributed by atoms with Gasteiger partial charge in [0, 0.05) is 10.0 Å². The first-order valence-corrected chi connectivity index (χ1v) is 6.60. The summed E-state index contributed by atoms with van der Waals surface area (Å²) in [5.41, 5.74) is 8.63. The molecular weight excluding hydrogens is 312 g/mol. The molecule has 0 unspecified atom stereocenters. The molecule has 2 aromatic carbocycles. The van der Waals surface area contributed by atoms with Gasteiger partial charge >= 0.3 is 0 Å². The van der Waals surface area contributed by atoms with Crippen LogP contribution in [-0.2, 0) is 0 Å². The second-order valence-electron chi connectivity index (χ2n) is 3.91. The van der Waals surface area contributed by atoms with Crippen molar-refractivity contribution >= 4 is 39.1 Å². The van der Waals surface area contributed by atoms with E-state index in [0.717, 1.165) is 21.3 Å². The van der Waals surface area contributed by atoms with Gasteiger partial charge in [0.15, 0.2) is 0 Å². The zero-order valence-electron chi connectivity index (χ0n) is 9.82. The van der Waals surface area contributed by atoms with Gasteiger partial charge in [-0.2, -0.15) is 0 Å². The lowest BCUT2D eigenvalue weighted by Crippen LogP contribution is -2.15. The minimum atomic E-state index is 0.431. The van der Waals surface area contributed by atoms with Gasteiger partial charge in [0.05, 0.1) is 10.7 Å². The van der Waals surface area contributed by atoms with Gasteiger partial charge in [-0.15, -0.1) is 0 Å². The van der Waals surface area contributed by atoms with Crippen molar-refractivity contribution in [2.45, 2.75) is 6.92 Å². The van der Waals surface area contributed by atoms with Crippen LogP contribution in [0.15, 0.2) is 51.9 Å². The molecule has 0 aliphatic heterocycles. The predicted molar refractivity (Wildman–Crippen MR) is 80.7 cm³/mol. The standard InChI is InChI=1S/C14H12BrClN2/c1-9-3-2-4-12(16)13(9)14(17)18-11-7-5-10(15)6-8-11/h2-8H,1H3,(H2,17,18). The largest absolute Gasteiger partial charge is 0.383 e. The number of hydrogen-bond acceptors (Lipinski definition) is 1. The molecule has 0 aliphatic carbocycles. The molecule has 0 bridgehead atoms. The molecule has 0 fully saturated rings. The maximum Gasteiger partial charge on any atom is 0.133 e. The third-order valence-corrected chi connectivity index (χ3v) is 3.40. The van der Waals surface area contributed by atoms with E-state index in [1.807, 2.05) is 49.4 Å². The fraction of sp³-hybridized carbons (Fsp3) is 0.0714. The number of rotatable bonds is 2. The van der Waals surface area contributed by atoms with E-state index in [9.17, 15) is 0 Å². The van der Waals surface area contributed by atoms with E-state index < -0.39 is 0 Å². The molecule has 0 radical (unpaired) electrons. The van der Waals surface area contributed by atoms with Crippen molar-refractivity contribution in [3.63, 3.8) is 0 Å². The molecule has 2 rings (SSSR count). The lowest BCUT2D eigenvalue weighted by Gasteiger charge is -2.07. The van der Waals surface area contributed by atoms with E-state index in [1.54, 1.807) is 0 Å². The van der Waals surface area contributed by atoms with Crippen LogP contribution in [-0.4, -0.2) is 5.84 Å². The van der Waals surface area contributed by atoms with Gasteiger partial charge in [-0.3, -0.25) is 0 Å². The first-order valence-electron chi connectivity index (χ1n) is 5.43. The van der Waals surface area contributed by atoms with Crippen molar-refractivity contribution in [1.29, 1.82) is 0 Å². The number of aryl methyl sites for hydroxylation is 1. The Hall–Kier alpha value is -1.32. The monoisotopic (exact) mass is 322 g/mol. The summed E-state index contributed by atoms with van der Waals surface area (Å²) in [7, 11) is 0. The SMILES string of the molecule is Cc1cccc(Cl)c1C(N)=Nc1ccc(Br)cc1. The van der Waals surface area contributed by atoms with E-state index in [0.29, 0.717) is 10.9 Å². The predicted octanol–water partition coefficient (Wildman–Crippen LogP) is 4.45. The van der Waals surface area contributed by atoms with E-state index in [-0.39, 0.29) is 0 Å². The molecule has 0 amide bonds. The van der Waals surface area contributed by atoms with Gasteiger partial charge in [-0.05, 0) is 42.8 Å². The molecule has 0 atom stereocenters. The summed E-state index contributed by atoms with van der Waals surface area (Å²) in [6.45, 7) is 1.96. The van der Waals surface area contributed by atoms with Crippen molar-refractivity contribution in [3.8, 4) is 0 Å². The third kappa shape index (κ3) is 2.92. The highest BCUT2D eigenvalue weighted by Crippen LogP contribution is 2.22. The summed E-state index contributed by atoms with van der Waals surface area (Å²) >= 11 is 9.53. The molecule has 0 aliphatic rings. The number of aliphatic imine (C=N–C) groups is 1. The average molecular weight is 324 g/mol. The highest BCUT2D eigenvalue weighted by molar-refractivity contribution is 9.10. The highest BCUT2D eigenvalue weighted by atomic mass is 79.9. The van der Waals surface area contributed by atoms with E-state index in [4.69, 9.17) is 17.3 Å². The number of nitrogens with zero attached hydrogens (tertiary/aromatic N) is 1. The fourth-order valence-corrected chi connectivity index (χ4v) is 2.25. The van der Waals surface area contributed by atoms with Crippen molar-refractivity contribution in [2.24, 2.45) is 10.7 Å². The summed E-state index contributed by atoms with van der Waals surface area (Å²) in [4.78, 5) is 4.38. The maximum atomic E-state index is 6.15. The number of benzene rings is 2. The molecule has 2 nitrogen and oxygen atoms in total. The molecule has 0 saturated heterocycles. The van der Waals surface area contributed by atoms with Crippen LogP contribution in [0.5, 0.6) is 0 Å². The van der Waals surface area contributed by atoms with Crippen LogP contribution < -0.4 is 5.73 Å². The van der Waals surface area contributed by atoms with Crippen LogP contribution >= 0.6 is 27.5 Å². The van der Waals surface area contributed by atoms with Crippen molar-refractivity contribution < 1.29 is 0 Å². The fourth-order valence-electron chi connectivity index (χ4n) is 1.67. The van der Waals surface area contributed by atoms with Crippen molar-refractivity contribution in [1.82, 2.24) is 0 Å².